The number of nitrogens with two attached hydrogens (primary N) is 8. The van der Waals surface area contributed by atoms with E-state index in [9.17, 15) is 0 Å². The lowest BCUT2D eigenvalue weighted by Gasteiger charge is -2.21. The van der Waals surface area contributed by atoms with Crippen LogP contribution in [0.4, 0.5) is 17.1 Å². The summed E-state index contributed by atoms with van der Waals surface area (Å²) in [5, 5.41) is 34.8. The van der Waals surface area contributed by atoms with E-state index in [1.807, 2.05) is 176 Å². The van der Waals surface area contributed by atoms with Gasteiger partial charge < -0.3 is 70.9 Å². The van der Waals surface area contributed by atoms with Gasteiger partial charge in [0.2, 0.25) is 0 Å². The van der Waals surface area contributed by atoms with E-state index >= 15 is 0 Å². The van der Waals surface area contributed by atoms with Crippen molar-refractivity contribution < 1.29 is 20.4 Å². The van der Waals surface area contributed by atoms with Crippen LogP contribution in [0.5, 0.6) is 11.5 Å². The molecule has 3 aromatic heterocycles. The van der Waals surface area contributed by atoms with Gasteiger partial charge in [-0.25, -0.2) is 15.0 Å². The molecule has 0 radical (unpaired) electrons. The van der Waals surface area contributed by atoms with Crippen LogP contribution >= 0.6 is 12.6 Å². The first-order valence-electron chi connectivity index (χ1n) is 25.8. The molecule has 0 bridgehead atoms. The van der Waals surface area contributed by atoms with Crippen LogP contribution in [0.25, 0.3) is 0 Å². The fraction of sp³-hybridized carbons (Fsp3) is 0.350. The van der Waals surface area contributed by atoms with Crippen molar-refractivity contribution in [3.05, 3.63) is 193 Å². The van der Waals surface area contributed by atoms with Crippen molar-refractivity contribution in [3.8, 4) is 11.5 Å². The van der Waals surface area contributed by atoms with Crippen molar-refractivity contribution in [2.45, 2.75) is 98.4 Å². The molecule has 438 valence electrons. The van der Waals surface area contributed by atoms with Crippen LogP contribution in [0.15, 0.2) is 169 Å². The van der Waals surface area contributed by atoms with Crippen LogP contribution in [-0.4, -0.2) is 96.1 Å². The molecular weight excluding hydrogens is 1010 g/mol. The summed E-state index contributed by atoms with van der Waals surface area (Å²) < 4.78 is 1.89. The van der Waals surface area contributed by atoms with Gasteiger partial charge in [0.15, 0.2) is 0 Å². The smallest absolute Gasteiger partial charge is 0.118 e. The number of nitrogens with zero attached hydrogens (tertiary/aromatic N) is 6. The maximum Gasteiger partial charge on any atom is 0.118 e. The van der Waals surface area contributed by atoms with Crippen LogP contribution in [0, 0.1) is 41.5 Å². The molecule has 18 nitrogen and oxygen atoms in total. The fourth-order valence-corrected chi connectivity index (χ4v) is 4.24. The number of nitrogen functional groups attached to an aromatic ring is 3. The molecule has 0 aliphatic carbocycles. The number of hydrogen-bond donors (Lipinski definition) is 13. The van der Waals surface area contributed by atoms with E-state index in [-0.39, 0.29) is 13.2 Å². The number of thiol groups is 1. The van der Waals surface area contributed by atoms with E-state index in [1.165, 1.54) is 11.9 Å². The maximum absolute atomic E-state index is 8.92. The largest absolute Gasteiger partial charge is 0.508 e. The predicted octanol–water partition coefficient (Wildman–Crippen LogP) is 8.69. The van der Waals surface area contributed by atoms with Crippen LogP contribution < -0.4 is 45.9 Å². The van der Waals surface area contributed by atoms with Crippen molar-refractivity contribution >= 4 is 35.9 Å². The number of para-hydroxylation sites is 3. The molecule has 0 atom stereocenters. The number of hydrogen-bond acceptors (Lipinski definition) is 18. The van der Waals surface area contributed by atoms with Gasteiger partial charge >= 0.3 is 0 Å². The lowest BCUT2D eigenvalue weighted by molar-refractivity contribution is 0.118. The Hall–Kier alpha value is -7.20. The Labute approximate surface area is 478 Å². The number of aliphatic hydroxyl groups is 2. The number of anilines is 3. The molecular formula is C60H98N14O4S. The zero-order valence-electron chi connectivity index (χ0n) is 48.7. The molecule has 7 aromatic rings. The van der Waals surface area contributed by atoms with E-state index in [4.69, 9.17) is 66.3 Å². The highest BCUT2D eigenvalue weighted by molar-refractivity contribution is 7.80. The van der Waals surface area contributed by atoms with Gasteiger partial charge in [0.1, 0.15) is 17.8 Å². The summed E-state index contributed by atoms with van der Waals surface area (Å²) >= 11 is 4.20. The van der Waals surface area contributed by atoms with Gasteiger partial charge in [-0.3, -0.25) is 9.98 Å². The second-order valence-electron chi connectivity index (χ2n) is 16.8. The molecule has 0 unspecified atom stereocenters. The molecule has 0 saturated carbocycles. The summed E-state index contributed by atoms with van der Waals surface area (Å²) in [7, 11) is 1.94. The highest BCUT2D eigenvalue weighted by atomic mass is 32.1. The normalized spacial score (nSPS) is 9.70. The SMILES string of the molecule is C1=CN=CC1.CCC(N)(CO)CO.CCCN.CCCN.Cc1ccccc1N.Cc1ccccc1O.Cc1ccccc1O.Cc1ccccc1S.Cc1ncccc1N.Cc1ncncc1N.Cn1ccnc1.NCCN. The number of phenols is 2. The summed E-state index contributed by atoms with van der Waals surface area (Å²) in [6.07, 6.45) is 19.7. The number of aryl methyl sites for hydroxylation is 7. The number of aliphatic imine (C=N–C) groups is 1. The van der Waals surface area contributed by atoms with Gasteiger partial charge in [0, 0.05) is 68.1 Å². The molecule has 79 heavy (non-hydrogen) atoms. The highest BCUT2D eigenvalue weighted by Gasteiger charge is 2.19. The molecule has 20 N–H and O–H groups in total. The van der Waals surface area contributed by atoms with Crippen molar-refractivity contribution in [2.24, 2.45) is 40.7 Å². The topological polar surface area (TPSA) is 358 Å². The summed E-state index contributed by atoms with van der Waals surface area (Å²) in [5.74, 6) is 0.736. The number of allylic oxidation sites excluding steroid dienone is 1. The van der Waals surface area contributed by atoms with Crippen LogP contribution in [0.2, 0.25) is 0 Å². The minimum absolute atomic E-state index is 0.153. The molecule has 1 aliphatic heterocycles. The molecule has 4 aromatic carbocycles. The number of pyridine rings is 1. The predicted molar refractivity (Wildman–Crippen MR) is 338 cm³/mol. The van der Waals surface area contributed by atoms with Crippen LogP contribution in [0.1, 0.15) is 80.1 Å². The first kappa shape index (κ1) is 78.3. The Kier molecular flexibility index (Phi) is 53.7. The molecule has 0 saturated heterocycles. The molecule has 0 amide bonds. The second kappa shape index (κ2) is 54.2. The summed E-state index contributed by atoms with van der Waals surface area (Å²) in [6.45, 7) is 20.0. The Bertz CT molecular complexity index is 2010. The molecule has 1 aliphatic rings. The molecule has 8 rings (SSSR count). The molecule has 4 heterocycles. The van der Waals surface area contributed by atoms with E-state index < -0.39 is 5.54 Å². The summed E-state index contributed by atoms with van der Waals surface area (Å²) in [4.78, 5) is 20.1. The standard InChI is InChI=1S/C7H9N.2C7H8O.C7H8S.C6H8N2.C5H7N3.C5H13NO2.C4H6N2.C4H5N.2C3H9N.C2H8N2/c4*1-6-4-2-3-5-7(6)8;1-5-6(7)3-2-4-8-5;1-4-5(6)2-7-3-8-4;1-2-5(6,3-7)4-8;1-6-3-2-5-4-6;1-2-4-5-3-1;2*1-2-3-4;3-1-2-4/h2-5H,8H2,1H3;3*2-5,8H,1H3;2-4H,7H2,1H3;2-3H,6H2,1H3;7-8H,2-4,6H2,1H3;2-4H,1H3;1,3-4H,2H2;2*2-4H2,1H3;1-4H2. The van der Waals surface area contributed by atoms with Gasteiger partial charge in [0.05, 0.1) is 54.0 Å². The number of phenolic OH excluding ortho intramolecular Hbond substituents is 2. The van der Waals surface area contributed by atoms with E-state index in [1.54, 1.807) is 43.3 Å². The van der Waals surface area contributed by atoms with Gasteiger partial charge in [-0.2, -0.15) is 0 Å². The Morgan fingerprint density at radius 2 is 1.03 bits per heavy atom. The van der Waals surface area contributed by atoms with E-state index in [0.717, 1.165) is 76.7 Å². The monoisotopic (exact) mass is 1110 g/mol. The minimum atomic E-state index is -0.764. The van der Waals surface area contributed by atoms with Gasteiger partial charge in [-0.1, -0.05) is 99.6 Å². The van der Waals surface area contributed by atoms with Gasteiger partial charge in [-0.15, -0.1) is 12.6 Å². The third-order valence-electron chi connectivity index (χ3n) is 9.79. The third kappa shape index (κ3) is 48.9. The number of imidazole rings is 1. The van der Waals surface area contributed by atoms with Crippen molar-refractivity contribution in [3.63, 3.8) is 0 Å². The van der Waals surface area contributed by atoms with E-state index in [0.29, 0.717) is 36.7 Å². The average molecular weight is 1110 g/mol. The quantitative estimate of drug-likeness (QED) is 0.0547. The second-order valence-corrected chi connectivity index (χ2v) is 17.3. The minimum Gasteiger partial charge on any atom is -0.508 e. The van der Waals surface area contributed by atoms with Crippen molar-refractivity contribution in [1.29, 1.82) is 0 Å². The van der Waals surface area contributed by atoms with Crippen LogP contribution in [-0.2, 0) is 7.05 Å². The first-order valence-corrected chi connectivity index (χ1v) is 26.2. The van der Waals surface area contributed by atoms with E-state index in [2.05, 4.69) is 51.4 Å². The maximum atomic E-state index is 8.92. The molecule has 0 fully saturated rings. The summed E-state index contributed by atoms with van der Waals surface area (Å²) in [6, 6.07) is 34.0. The number of aliphatic hydroxyl groups excluding tert-OH is 2. The Morgan fingerprint density at radius 1 is 0.570 bits per heavy atom. The number of aromatic hydroxyl groups is 2. The zero-order chi connectivity index (χ0) is 60.7. The first-order chi connectivity index (χ1) is 37.6. The van der Waals surface area contributed by atoms with Gasteiger partial charge in [-0.05, 0) is 133 Å². The van der Waals surface area contributed by atoms with Crippen LogP contribution in [0.3, 0.4) is 0 Å². The van der Waals surface area contributed by atoms with Crippen molar-refractivity contribution in [1.82, 2.24) is 24.5 Å². The third-order valence-corrected chi connectivity index (χ3v) is 10.3. The fourth-order valence-electron chi connectivity index (χ4n) is 4.08. The highest BCUT2D eigenvalue weighted by Crippen LogP contribution is 2.13. The molecule has 0 spiro atoms. The Morgan fingerprint density at radius 3 is 1.22 bits per heavy atom. The zero-order valence-corrected chi connectivity index (χ0v) is 49.6. The lowest BCUT2D eigenvalue weighted by atomic mass is 10.0. The Balaban J connectivity index is -0.000000392. The lowest BCUT2D eigenvalue weighted by Crippen LogP contribution is -2.46. The number of aromatic nitrogens is 5. The number of rotatable bonds is 6. The van der Waals surface area contributed by atoms with Gasteiger partial charge in [0.25, 0.3) is 0 Å². The average Bonchev–Trinajstić information content (AvgIpc) is 4.23. The molecule has 19 heteroatoms. The summed E-state index contributed by atoms with van der Waals surface area (Å²) in [5.41, 5.74) is 49.1. The number of benzene rings is 4. The van der Waals surface area contributed by atoms with Crippen molar-refractivity contribution in [2.75, 3.05) is 56.6 Å².